The summed E-state index contributed by atoms with van der Waals surface area (Å²) in [5.74, 6) is -1.38. The summed E-state index contributed by atoms with van der Waals surface area (Å²) >= 11 is 0. The molecule has 1 aromatic heterocycles. The number of amides is 1. The largest absolute Gasteiger partial charge is 0.481 e. The molecule has 1 aliphatic rings. The zero-order valence-corrected chi connectivity index (χ0v) is 14.6. The van der Waals surface area contributed by atoms with Crippen LogP contribution in [-0.2, 0) is 11.3 Å². The third-order valence-corrected chi connectivity index (χ3v) is 4.67. The average Bonchev–Trinajstić information content (AvgIpc) is 2.91. The van der Waals surface area contributed by atoms with E-state index in [9.17, 15) is 14.7 Å². The Bertz CT molecular complexity index is 797. The van der Waals surface area contributed by atoms with Crippen LogP contribution in [0.5, 0.6) is 0 Å². The molecule has 25 heavy (non-hydrogen) atoms. The molecule has 1 amide bonds. The molecule has 0 radical (unpaired) electrons. The van der Waals surface area contributed by atoms with Gasteiger partial charge < -0.3 is 10.0 Å². The summed E-state index contributed by atoms with van der Waals surface area (Å²) in [6.45, 7) is 5.48. The normalized spacial score (nSPS) is 17.5. The maximum Gasteiger partial charge on any atom is 0.308 e. The quantitative estimate of drug-likeness (QED) is 0.927. The Kier molecular flexibility index (Phi) is 4.88. The highest BCUT2D eigenvalue weighted by Gasteiger charge is 2.28. The lowest BCUT2D eigenvalue weighted by atomic mass is 9.97. The second-order valence-electron chi connectivity index (χ2n) is 6.71. The minimum atomic E-state index is -0.823. The summed E-state index contributed by atoms with van der Waals surface area (Å²) in [6.07, 6.45) is 1.37. The number of aromatic nitrogens is 2. The van der Waals surface area contributed by atoms with Crippen LogP contribution >= 0.6 is 0 Å². The summed E-state index contributed by atoms with van der Waals surface area (Å²) in [6, 6.07) is 9.53. The van der Waals surface area contributed by atoms with Crippen molar-refractivity contribution in [2.24, 2.45) is 5.92 Å². The minimum absolute atomic E-state index is 0.0961. The first kappa shape index (κ1) is 17.2. The van der Waals surface area contributed by atoms with Crippen LogP contribution in [0.3, 0.4) is 0 Å². The number of carbonyl (C=O) groups excluding carboxylic acids is 1. The number of aryl methyl sites for hydroxylation is 2. The standard InChI is InChI=1S/C19H23N3O3/c1-13-9-14(2)22(20-13)11-15-5-3-6-16(10-15)18(23)21-8-4-7-17(12-21)19(24)25/h3,5-6,9-10,17H,4,7-8,11-12H2,1-2H3,(H,24,25)/t17-/m0/s1. The highest BCUT2D eigenvalue weighted by molar-refractivity contribution is 5.94. The van der Waals surface area contributed by atoms with E-state index in [1.54, 1.807) is 11.0 Å². The van der Waals surface area contributed by atoms with Crippen LogP contribution in [0.1, 0.15) is 40.2 Å². The molecule has 1 aromatic carbocycles. The highest BCUT2D eigenvalue weighted by atomic mass is 16.4. The predicted molar refractivity (Wildman–Crippen MR) is 93.5 cm³/mol. The van der Waals surface area contributed by atoms with Crippen LogP contribution in [0.15, 0.2) is 30.3 Å². The lowest BCUT2D eigenvalue weighted by Crippen LogP contribution is -2.42. The van der Waals surface area contributed by atoms with Crippen molar-refractivity contribution in [3.05, 3.63) is 52.8 Å². The van der Waals surface area contributed by atoms with E-state index in [1.165, 1.54) is 0 Å². The van der Waals surface area contributed by atoms with E-state index in [0.717, 1.165) is 23.4 Å². The fraction of sp³-hybridized carbons (Fsp3) is 0.421. The van der Waals surface area contributed by atoms with Crippen molar-refractivity contribution >= 4 is 11.9 Å². The minimum Gasteiger partial charge on any atom is -0.481 e. The van der Waals surface area contributed by atoms with E-state index >= 15 is 0 Å². The lowest BCUT2D eigenvalue weighted by Gasteiger charge is -2.30. The van der Waals surface area contributed by atoms with Crippen molar-refractivity contribution in [2.75, 3.05) is 13.1 Å². The Balaban J connectivity index is 1.75. The van der Waals surface area contributed by atoms with Crippen molar-refractivity contribution in [2.45, 2.75) is 33.2 Å². The van der Waals surface area contributed by atoms with Gasteiger partial charge in [-0.25, -0.2) is 0 Å². The first-order chi connectivity index (χ1) is 11.9. The van der Waals surface area contributed by atoms with Gasteiger partial charge in [-0.15, -0.1) is 0 Å². The summed E-state index contributed by atoms with van der Waals surface area (Å²) in [4.78, 5) is 25.6. The second-order valence-corrected chi connectivity index (χ2v) is 6.71. The van der Waals surface area contributed by atoms with E-state index < -0.39 is 11.9 Å². The third-order valence-electron chi connectivity index (χ3n) is 4.67. The molecular weight excluding hydrogens is 318 g/mol. The number of benzene rings is 1. The summed E-state index contributed by atoms with van der Waals surface area (Å²) in [5.41, 5.74) is 3.65. The Hall–Kier alpha value is -2.63. The van der Waals surface area contributed by atoms with Crippen molar-refractivity contribution in [1.82, 2.24) is 14.7 Å². The molecule has 6 heteroatoms. The molecule has 2 aromatic rings. The van der Waals surface area contributed by atoms with E-state index in [-0.39, 0.29) is 12.5 Å². The Morgan fingerprint density at radius 1 is 1.28 bits per heavy atom. The summed E-state index contributed by atoms with van der Waals surface area (Å²) in [7, 11) is 0. The van der Waals surface area contributed by atoms with Crippen molar-refractivity contribution < 1.29 is 14.7 Å². The Labute approximate surface area is 147 Å². The molecule has 0 bridgehead atoms. The van der Waals surface area contributed by atoms with Crippen molar-refractivity contribution in [3.8, 4) is 0 Å². The van der Waals surface area contributed by atoms with Crippen LogP contribution in [0.2, 0.25) is 0 Å². The zero-order valence-electron chi connectivity index (χ0n) is 14.6. The number of piperidine rings is 1. The molecule has 1 atom stereocenters. The lowest BCUT2D eigenvalue weighted by molar-refractivity contribution is -0.143. The molecule has 0 saturated carbocycles. The molecule has 0 unspecified atom stereocenters. The molecule has 1 aliphatic heterocycles. The van der Waals surface area contributed by atoms with Crippen molar-refractivity contribution in [3.63, 3.8) is 0 Å². The average molecular weight is 341 g/mol. The molecule has 1 saturated heterocycles. The fourth-order valence-corrected chi connectivity index (χ4v) is 3.36. The number of carbonyl (C=O) groups is 2. The molecule has 1 fully saturated rings. The van der Waals surface area contributed by atoms with Gasteiger partial charge in [0.15, 0.2) is 0 Å². The molecule has 0 spiro atoms. The fourth-order valence-electron chi connectivity index (χ4n) is 3.36. The number of rotatable bonds is 4. The van der Waals surface area contributed by atoms with Crippen LogP contribution in [0, 0.1) is 19.8 Å². The number of carboxylic acid groups (broad SMARTS) is 1. The van der Waals surface area contributed by atoms with Gasteiger partial charge in [-0.1, -0.05) is 12.1 Å². The third kappa shape index (κ3) is 3.90. The molecular formula is C19H23N3O3. The van der Waals surface area contributed by atoms with E-state index in [1.807, 2.05) is 42.8 Å². The predicted octanol–water partition coefficient (Wildman–Crippen LogP) is 2.49. The smallest absolute Gasteiger partial charge is 0.308 e. The van der Waals surface area contributed by atoms with E-state index in [2.05, 4.69) is 5.10 Å². The first-order valence-electron chi connectivity index (χ1n) is 8.56. The SMILES string of the molecule is Cc1cc(C)n(Cc2cccc(C(=O)N3CCC[C@H](C(=O)O)C3)c2)n1. The highest BCUT2D eigenvalue weighted by Crippen LogP contribution is 2.19. The molecule has 6 nitrogen and oxygen atoms in total. The maximum atomic E-state index is 12.8. The molecule has 1 N–H and O–H groups in total. The summed E-state index contributed by atoms with van der Waals surface area (Å²) < 4.78 is 1.92. The van der Waals surface area contributed by atoms with Gasteiger partial charge in [-0.3, -0.25) is 14.3 Å². The van der Waals surface area contributed by atoms with Gasteiger partial charge in [0.1, 0.15) is 0 Å². The number of hydrogen-bond acceptors (Lipinski definition) is 3. The van der Waals surface area contributed by atoms with Gasteiger partial charge in [0.2, 0.25) is 0 Å². The van der Waals surface area contributed by atoms with Gasteiger partial charge in [0.25, 0.3) is 5.91 Å². The van der Waals surface area contributed by atoms with E-state index in [4.69, 9.17) is 0 Å². The monoisotopic (exact) mass is 341 g/mol. The van der Waals surface area contributed by atoms with Crippen LogP contribution < -0.4 is 0 Å². The van der Waals surface area contributed by atoms with Gasteiger partial charge in [0, 0.05) is 24.3 Å². The number of carboxylic acids is 1. The number of hydrogen-bond donors (Lipinski definition) is 1. The van der Waals surface area contributed by atoms with Gasteiger partial charge >= 0.3 is 5.97 Å². The second kappa shape index (κ2) is 7.09. The van der Waals surface area contributed by atoms with Crippen molar-refractivity contribution in [1.29, 1.82) is 0 Å². The Morgan fingerprint density at radius 2 is 2.08 bits per heavy atom. The Morgan fingerprint density at radius 3 is 2.76 bits per heavy atom. The van der Waals surface area contributed by atoms with Gasteiger partial charge in [-0.2, -0.15) is 5.10 Å². The molecule has 0 aliphatic carbocycles. The first-order valence-corrected chi connectivity index (χ1v) is 8.56. The molecule has 2 heterocycles. The maximum absolute atomic E-state index is 12.8. The number of aliphatic carboxylic acids is 1. The molecule has 3 rings (SSSR count). The number of likely N-dealkylation sites (tertiary alicyclic amines) is 1. The zero-order chi connectivity index (χ0) is 18.0. The van der Waals surface area contributed by atoms with Crippen LogP contribution in [0.4, 0.5) is 0 Å². The summed E-state index contributed by atoms with van der Waals surface area (Å²) in [5, 5.41) is 13.7. The van der Waals surface area contributed by atoms with Crippen LogP contribution in [0.25, 0.3) is 0 Å². The molecule has 132 valence electrons. The van der Waals surface area contributed by atoms with E-state index in [0.29, 0.717) is 25.1 Å². The van der Waals surface area contributed by atoms with Gasteiger partial charge in [-0.05, 0) is 50.5 Å². The topological polar surface area (TPSA) is 75.4 Å². The van der Waals surface area contributed by atoms with Crippen LogP contribution in [-0.4, -0.2) is 44.8 Å². The number of nitrogens with zero attached hydrogens (tertiary/aromatic N) is 3. The van der Waals surface area contributed by atoms with Gasteiger partial charge in [0.05, 0.1) is 18.2 Å².